The highest BCUT2D eigenvalue weighted by Crippen LogP contribution is 2.18. The molecule has 0 spiro atoms. The lowest BCUT2D eigenvalue weighted by atomic mass is 10.1. The number of carbonyl (C=O) groups excluding carboxylic acids is 1. The van der Waals surface area contributed by atoms with Gasteiger partial charge in [0.1, 0.15) is 11.6 Å². The van der Waals surface area contributed by atoms with Gasteiger partial charge in [-0.25, -0.2) is 4.79 Å². The molecule has 3 rings (SSSR count). The number of hydrogen-bond acceptors (Lipinski definition) is 5. The van der Waals surface area contributed by atoms with Crippen LogP contribution >= 0.6 is 0 Å². The maximum atomic E-state index is 11.6. The number of amides is 2. The zero-order chi connectivity index (χ0) is 16.8. The molecule has 1 aliphatic carbocycles. The van der Waals surface area contributed by atoms with Gasteiger partial charge >= 0.3 is 6.03 Å². The smallest absolute Gasteiger partial charge is 0.320 e. The molecule has 0 aliphatic heterocycles. The molecule has 1 aromatic heterocycles. The summed E-state index contributed by atoms with van der Waals surface area (Å²) in [6.45, 7) is 0.733. The molecule has 0 unspecified atom stereocenters. The van der Waals surface area contributed by atoms with Gasteiger partial charge in [-0.05, 0) is 49.1 Å². The van der Waals surface area contributed by atoms with Crippen molar-refractivity contribution in [1.82, 2.24) is 15.5 Å². The molecule has 0 saturated heterocycles. The largest absolute Gasteiger partial charge is 0.497 e. The van der Waals surface area contributed by atoms with E-state index in [1.165, 1.54) is 5.56 Å². The fourth-order valence-corrected chi connectivity index (χ4v) is 2.22. The molecule has 7 heteroatoms. The molecular weight excluding hydrogens is 306 g/mol. The zero-order valence-corrected chi connectivity index (χ0v) is 13.6. The number of urea groups is 1. The van der Waals surface area contributed by atoms with Gasteiger partial charge in [0.15, 0.2) is 5.82 Å². The van der Waals surface area contributed by atoms with Crippen LogP contribution in [0.2, 0.25) is 0 Å². The van der Waals surface area contributed by atoms with E-state index in [0.29, 0.717) is 17.7 Å². The molecule has 1 saturated carbocycles. The summed E-state index contributed by atoms with van der Waals surface area (Å²) >= 11 is 0. The van der Waals surface area contributed by atoms with Crippen LogP contribution in [0.4, 0.5) is 16.4 Å². The van der Waals surface area contributed by atoms with Crippen molar-refractivity contribution in [2.75, 3.05) is 24.3 Å². The van der Waals surface area contributed by atoms with Crippen LogP contribution in [0, 0.1) is 0 Å². The highest BCUT2D eigenvalue weighted by atomic mass is 16.5. The molecule has 7 nitrogen and oxygen atoms in total. The van der Waals surface area contributed by atoms with Crippen molar-refractivity contribution in [3.63, 3.8) is 0 Å². The van der Waals surface area contributed by atoms with E-state index in [4.69, 9.17) is 4.74 Å². The van der Waals surface area contributed by atoms with Gasteiger partial charge in [0.25, 0.3) is 0 Å². The molecule has 0 atom stereocenters. The summed E-state index contributed by atoms with van der Waals surface area (Å²) in [6, 6.07) is 11.6. The van der Waals surface area contributed by atoms with Crippen molar-refractivity contribution >= 4 is 17.7 Å². The van der Waals surface area contributed by atoms with Gasteiger partial charge in [0.2, 0.25) is 0 Å². The van der Waals surface area contributed by atoms with E-state index in [-0.39, 0.29) is 6.03 Å². The molecule has 24 heavy (non-hydrogen) atoms. The Morgan fingerprint density at radius 3 is 2.71 bits per heavy atom. The van der Waals surface area contributed by atoms with Gasteiger partial charge in [0, 0.05) is 12.6 Å². The van der Waals surface area contributed by atoms with E-state index >= 15 is 0 Å². The van der Waals surface area contributed by atoms with Crippen LogP contribution in [-0.2, 0) is 6.42 Å². The number of methoxy groups -OCH3 is 1. The quantitative estimate of drug-likeness (QED) is 0.727. The number of ether oxygens (including phenoxy) is 1. The van der Waals surface area contributed by atoms with Gasteiger partial charge in [-0.2, -0.15) is 0 Å². The Kier molecular flexibility index (Phi) is 5.10. The van der Waals surface area contributed by atoms with E-state index < -0.39 is 0 Å². The monoisotopic (exact) mass is 327 g/mol. The van der Waals surface area contributed by atoms with Gasteiger partial charge < -0.3 is 15.4 Å². The molecule has 2 amide bonds. The number of nitrogens with zero attached hydrogens (tertiary/aromatic N) is 2. The predicted octanol–water partition coefficient (Wildman–Crippen LogP) is 2.42. The Labute approximate surface area is 140 Å². The number of rotatable bonds is 7. The maximum absolute atomic E-state index is 11.6. The standard InChI is InChI=1S/C17H21N5O2/c1-24-14-4-2-3-12(11-14)9-10-18-15-7-8-16(22-21-15)20-17(23)19-13-5-6-13/h2-4,7-8,11,13H,5-6,9-10H2,1H3,(H,18,21)(H2,19,20,22,23). The zero-order valence-electron chi connectivity index (χ0n) is 13.6. The third-order valence-electron chi connectivity index (χ3n) is 3.67. The van der Waals surface area contributed by atoms with Crippen molar-refractivity contribution in [2.45, 2.75) is 25.3 Å². The summed E-state index contributed by atoms with van der Waals surface area (Å²) < 4.78 is 5.21. The van der Waals surface area contributed by atoms with Gasteiger partial charge in [-0.15, -0.1) is 10.2 Å². The topological polar surface area (TPSA) is 88.2 Å². The summed E-state index contributed by atoms with van der Waals surface area (Å²) in [7, 11) is 1.66. The molecular formula is C17H21N5O2. The molecule has 3 N–H and O–H groups in total. The Balaban J connectivity index is 1.44. The number of nitrogens with one attached hydrogen (secondary N) is 3. The van der Waals surface area contributed by atoms with Crippen LogP contribution in [0.1, 0.15) is 18.4 Å². The lowest BCUT2D eigenvalue weighted by molar-refractivity contribution is 0.251. The van der Waals surface area contributed by atoms with E-state index in [2.05, 4.69) is 32.2 Å². The predicted molar refractivity (Wildman–Crippen MR) is 92.4 cm³/mol. The molecule has 1 fully saturated rings. The highest BCUT2D eigenvalue weighted by Gasteiger charge is 2.23. The molecule has 1 heterocycles. The Morgan fingerprint density at radius 1 is 1.21 bits per heavy atom. The van der Waals surface area contributed by atoms with Gasteiger partial charge in [-0.3, -0.25) is 5.32 Å². The van der Waals surface area contributed by atoms with Crippen molar-refractivity contribution in [3.05, 3.63) is 42.0 Å². The summed E-state index contributed by atoms with van der Waals surface area (Å²) in [5, 5.41) is 16.8. The van der Waals surface area contributed by atoms with Crippen molar-refractivity contribution < 1.29 is 9.53 Å². The maximum Gasteiger partial charge on any atom is 0.320 e. The van der Waals surface area contributed by atoms with Gasteiger partial charge in [0.05, 0.1) is 7.11 Å². The summed E-state index contributed by atoms with van der Waals surface area (Å²) in [5.41, 5.74) is 1.19. The number of aromatic nitrogens is 2. The Morgan fingerprint density at radius 2 is 2.00 bits per heavy atom. The van der Waals surface area contributed by atoms with E-state index in [0.717, 1.165) is 31.6 Å². The fourth-order valence-electron chi connectivity index (χ4n) is 2.22. The lowest BCUT2D eigenvalue weighted by Crippen LogP contribution is -2.30. The average Bonchev–Trinajstić information content (AvgIpc) is 3.40. The van der Waals surface area contributed by atoms with Crippen LogP contribution < -0.4 is 20.7 Å². The number of carbonyl (C=O) groups is 1. The normalized spacial score (nSPS) is 13.2. The first kappa shape index (κ1) is 16.0. The van der Waals surface area contributed by atoms with Crippen LogP contribution in [-0.4, -0.2) is 35.9 Å². The molecule has 1 aliphatic rings. The molecule has 0 bridgehead atoms. The minimum Gasteiger partial charge on any atom is -0.497 e. The third kappa shape index (κ3) is 4.84. The molecule has 1 aromatic carbocycles. The van der Waals surface area contributed by atoms with E-state index in [1.807, 2.05) is 18.2 Å². The summed E-state index contributed by atoms with van der Waals surface area (Å²) in [6.07, 6.45) is 2.95. The third-order valence-corrected chi connectivity index (χ3v) is 3.67. The molecule has 126 valence electrons. The summed E-state index contributed by atoms with van der Waals surface area (Å²) in [5.74, 6) is 1.96. The first-order chi connectivity index (χ1) is 11.7. The number of anilines is 2. The van der Waals surface area contributed by atoms with Crippen LogP contribution in [0.3, 0.4) is 0 Å². The Hall–Kier alpha value is -2.83. The molecule has 2 aromatic rings. The number of benzene rings is 1. The van der Waals surface area contributed by atoms with E-state index in [1.54, 1.807) is 19.2 Å². The van der Waals surface area contributed by atoms with E-state index in [9.17, 15) is 4.79 Å². The second-order valence-electron chi connectivity index (χ2n) is 5.70. The van der Waals surface area contributed by atoms with Crippen LogP contribution in [0.25, 0.3) is 0 Å². The average molecular weight is 327 g/mol. The minimum atomic E-state index is -0.231. The van der Waals surface area contributed by atoms with Gasteiger partial charge in [-0.1, -0.05) is 12.1 Å². The summed E-state index contributed by atoms with van der Waals surface area (Å²) in [4.78, 5) is 11.6. The first-order valence-electron chi connectivity index (χ1n) is 8.01. The van der Waals surface area contributed by atoms with Crippen molar-refractivity contribution in [3.8, 4) is 5.75 Å². The second-order valence-corrected chi connectivity index (χ2v) is 5.70. The van der Waals surface area contributed by atoms with Crippen molar-refractivity contribution in [2.24, 2.45) is 0 Å². The molecule has 0 radical (unpaired) electrons. The lowest BCUT2D eigenvalue weighted by Gasteiger charge is -2.08. The van der Waals surface area contributed by atoms with Crippen LogP contribution in [0.15, 0.2) is 36.4 Å². The second kappa shape index (κ2) is 7.63. The van der Waals surface area contributed by atoms with Crippen molar-refractivity contribution in [1.29, 1.82) is 0 Å². The van der Waals surface area contributed by atoms with Crippen LogP contribution in [0.5, 0.6) is 5.75 Å². The Bertz CT molecular complexity index is 686. The first-order valence-corrected chi connectivity index (χ1v) is 8.01. The fraction of sp³-hybridized carbons (Fsp3) is 0.353. The SMILES string of the molecule is COc1cccc(CCNc2ccc(NC(=O)NC3CC3)nn2)c1. The highest BCUT2D eigenvalue weighted by molar-refractivity contribution is 5.88. The number of hydrogen-bond donors (Lipinski definition) is 3. The minimum absolute atomic E-state index is 0.231.